The second-order valence-corrected chi connectivity index (χ2v) is 3.79. The number of hydrogen-bond acceptors (Lipinski definition) is 2. The van der Waals surface area contributed by atoms with Crippen LogP contribution in [0.3, 0.4) is 0 Å². The molecule has 0 saturated heterocycles. The summed E-state index contributed by atoms with van der Waals surface area (Å²) in [7, 11) is 0. The van der Waals surface area contributed by atoms with Gasteiger partial charge in [-0.3, -0.25) is 0 Å². The van der Waals surface area contributed by atoms with Crippen LogP contribution < -0.4 is 0 Å². The molecule has 2 aromatic rings. The van der Waals surface area contributed by atoms with Crippen molar-refractivity contribution in [2.24, 2.45) is 0 Å². The maximum atomic E-state index is 9.04. The van der Waals surface area contributed by atoms with Crippen LogP contribution in [0.5, 0.6) is 0 Å². The standard InChI is InChI=1S/C12H11ClO2/c1-8-10(7-14)6-12(15-8)9-2-4-11(13)5-3-9/h2-6,14H,7H2,1H3. The van der Waals surface area contributed by atoms with Crippen molar-refractivity contribution in [1.82, 2.24) is 0 Å². The van der Waals surface area contributed by atoms with Crippen molar-refractivity contribution in [3.63, 3.8) is 0 Å². The highest BCUT2D eigenvalue weighted by Gasteiger charge is 2.07. The smallest absolute Gasteiger partial charge is 0.134 e. The number of benzene rings is 1. The predicted molar refractivity (Wildman–Crippen MR) is 59.8 cm³/mol. The molecule has 1 aromatic heterocycles. The van der Waals surface area contributed by atoms with Crippen LogP contribution >= 0.6 is 11.6 Å². The molecule has 1 aromatic carbocycles. The number of aliphatic hydroxyl groups is 1. The van der Waals surface area contributed by atoms with E-state index >= 15 is 0 Å². The summed E-state index contributed by atoms with van der Waals surface area (Å²) >= 11 is 5.79. The molecule has 2 nitrogen and oxygen atoms in total. The Labute approximate surface area is 93.1 Å². The molecule has 1 N–H and O–H groups in total. The Morgan fingerprint density at radius 2 is 1.93 bits per heavy atom. The second kappa shape index (κ2) is 4.09. The minimum absolute atomic E-state index is 0.00290. The minimum Gasteiger partial charge on any atom is -0.461 e. The Hall–Kier alpha value is -1.25. The first-order chi connectivity index (χ1) is 7.20. The average molecular weight is 223 g/mol. The molecule has 1 heterocycles. The summed E-state index contributed by atoms with van der Waals surface area (Å²) in [5, 5.41) is 9.74. The van der Waals surface area contributed by atoms with Gasteiger partial charge in [0.2, 0.25) is 0 Å². The molecule has 0 atom stereocenters. The molecule has 0 bridgehead atoms. The molecule has 15 heavy (non-hydrogen) atoms. The molecule has 0 unspecified atom stereocenters. The average Bonchev–Trinajstić information content (AvgIpc) is 2.61. The first-order valence-electron chi connectivity index (χ1n) is 4.67. The van der Waals surface area contributed by atoms with Gasteiger partial charge in [0.1, 0.15) is 11.5 Å². The van der Waals surface area contributed by atoms with Crippen molar-refractivity contribution in [3.8, 4) is 11.3 Å². The summed E-state index contributed by atoms with van der Waals surface area (Å²) in [5.41, 5.74) is 1.78. The lowest BCUT2D eigenvalue weighted by molar-refractivity contribution is 0.279. The van der Waals surface area contributed by atoms with E-state index in [1.165, 1.54) is 0 Å². The predicted octanol–water partition coefficient (Wildman–Crippen LogP) is 3.40. The summed E-state index contributed by atoms with van der Waals surface area (Å²) in [6, 6.07) is 9.25. The number of halogens is 1. The summed E-state index contributed by atoms with van der Waals surface area (Å²) in [5.74, 6) is 1.51. The van der Waals surface area contributed by atoms with Crippen molar-refractivity contribution in [2.45, 2.75) is 13.5 Å². The Morgan fingerprint density at radius 1 is 1.27 bits per heavy atom. The Bertz CT molecular complexity index is 457. The summed E-state index contributed by atoms with van der Waals surface area (Å²) in [4.78, 5) is 0. The van der Waals surface area contributed by atoms with Gasteiger partial charge in [0.05, 0.1) is 6.61 Å². The van der Waals surface area contributed by atoms with Gasteiger partial charge in [-0.2, -0.15) is 0 Å². The normalized spacial score (nSPS) is 10.6. The molecule has 0 aliphatic carbocycles. The summed E-state index contributed by atoms with van der Waals surface area (Å²) < 4.78 is 5.53. The molecular weight excluding hydrogens is 212 g/mol. The fraction of sp³-hybridized carbons (Fsp3) is 0.167. The Balaban J connectivity index is 2.41. The zero-order chi connectivity index (χ0) is 10.8. The van der Waals surface area contributed by atoms with Crippen molar-refractivity contribution in [3.05, 3.63) is 46.7 Å². The first-order valence-corrected chi connectivity index (χ1v) is 5.04. The summed E-state index contributed by atoms with van der Waals surface area (Å²) in [6.45, 7) is 1.84. The van der Waals surface area contributed by atoms with Crippen molar-refractivity contribution >= 4 is 11.6 Å². The monoisotopic (exact) mass is 222 g/mol. The van der Waals surface area contributed by atoms with E-state index < -0.39 is 0 Å². The van der Waals surface area contributed by atoms with Crippen LogP contribution in [0.1, 0.15) is 11.3 Å². The van der Waals surface area contributed by atoms with Crippen LogP contribution in [0, 0.1) is 6.92 Å². The van der Waals surface area contributed by atoms with Gasteiger partial charge in [-0.05, 0) is 37.3 Å². The topological polar surface area (TPSA) is 33.4 Å². The molecule has 0 radical (unpaired) electrons. The Morgan fingerprint density at radius 3 is 2.47 bits per heavy atom. The lowest BCUT2D eigenvalue weighted by Crippen LogP contribution is -1.79. The molecular formula is C12H11ClO2. The fourth-order valence-corrected chi connectivity index (χ4v) is 1.56. The van der Waals surface area contributed by atoms with Gasteiger partial charge in [-0.25, -0.2) is 0 Å². The molecule has 0 amide bonds. The van der Waals surface area contributed by atoms with E-state index in [1.807, 2.05) is 37.3 Å². The molecule has 78 valence electrons. The molecule has 0 aliphatic rings. The van der Waals surface area contributed by atoms with Gasteiger partial charge in [0.25, 0.3) is 0 Å². The largest absolute Gasteiger partial charge is 0.461 e. The summed E-state index contributed by atoms with van der Waals surface area (Å²) in [6.07, 6.45) is 0. The van der Waals surface area contributed by atoms with Crippen LogP contribution in [0.15, 0.2) is 34.7 Å². The second-order valence-electron chi connectivity index (χ2n) is 3.36. The molecule has 0 saturated carbocycles. The van der Waals surface area contributed by atoms with Gasteiger partial charge in [-0.15, -0.1) is 0 Å². The van der Waals surface area contributed by atoms with Crippen LogP contribution in [0.2, 0.25) is 5.02 Å². The Kier molecular flexibility index (Phi) is 2.80. The maximum absolute atomic E-state index is 9.04. The number of furan rings is 1. The highest BCUT2D eigenvalue weighted by molar-refractivity contribution is 6.30. The van der Waals surface area contributed by atoms with Crippen molar-refractivity contribution in [2.75, 3.05) is 0 Å². The third-order valence-corrected chi connectivity index (χ3v) is 2.57. The van der Waals surface area contributed by atoms with Crippen LogP contribution in [0.25, 0.3) is 11.3 Å². The molecule has 0 spiro atoms. The lowest BCUT2D eigenvalue weighted by atomic mass is 10.1. The van der Waals surface area contributed by atoms with Crippen LogP contribution in [0.4, 0.5) is 0 Å². The van der Waals surface area contributed by atoms with Crippen molar-refractivity contribution < 1.29 is 9.52 Å². The van der Waals surface area contributed by atoms with E-state index in [4.69, 9.17) is 21.1 Å². The highest BCUT2D eigenvalue weighted by atomic mass is 35.5. The molecule has 3 heteroatoms. The number of aliphatic hydroxyl groups excluding tert-OH is 1. The van der Waals surface area contributed by atoms with E-state index in [0.717, 1.165) is 22.6 Å². The van der Waals surface area contributed by atoms with Gasteiger partial charge in [0.15, 0.2) is 0 Å². The van der Waals surface area contributed by atoms with Crippen molar-refractivity contribution in [1.29, 1.82) is 0 Å². The van der Waals surface area contributed by atoms with Gasteiger partial charge >= 0.3 is 0 Å². The van der Waals surface area contributed by atoms with E-state index in [1.54, 1.807) is 0 Å². The van der Waals surface area contributed by atoms with E-state index in [2.05, 4.69) is 0 Å². The fourth-order valence-electron chi connectivity index (χ4n) is 1.43. The molecule has 0 aliphatic heterocycles. The lowest BCUT2D eigenvalue weighted by Gasteiger charge is -1.95. The number of aryl methyl sites for hydroxylation is 1. The third-order valence-electron chi connectivity index (χ3n) is 2.32. The van der Waals surface area contributed by atoms with Crippen LogP contribution in [-0.4, -0.2) is 5.11 Å². The number of rotatable bonds is 2. The number of hydrogen-bond donors (Lipinski definition) is 1. The van der Waals surface area contributed by atoms with Crippen LogP contribution in [-0.2, 0) is 6.61 Å². The maximum Gasteiger partial charge on any atom is 0.134 e. The van der Waals surface area contributed by atoms with Gasteiger partial charge < -0.3 is 9.52 Å². The minimum atomic E-state index is 0.00290. The highest BCUT2D eigenvalue weighted by Crippen LogP contribution is 2.26. The van der Waals surface area contributed by atoms with E-state index in [-0.39, 0.29) is 6.61 Å². The molecule has 2 rings (SSSR count). The first kappa shape index (κ1) is 10.3. The molecule has 0 fully saturated rings. The zero-order valence-corrected chi connectivity index (χ0v) is 9.08. The quantitative estimate of drug-likeness (QED) is 0.845. The van der Waals surface area contributed by atoms with E-state index in [0.29, 0.717) is 5.02 Å². The van der Waals surface area contributed by atoms with Gasteiger partial charge in [-0.1, -0.05) is 11.6 Å². The van der Waals surface area contributed by atoms with Gasteiger partial charge in [0, 0.05) is 16.1 Å². The third kappa shape index (κ3) is 2.06. The van der Waals surface area contributed by atoms with E-state index in [9.17, 15) is 0 Å². The zero-order valence-electron chi connectivity index (χ0n) is 8.33. The SMILES string of the molecule is Cc1oc(-c2ccc(Cl)cc2)cc1CO.